The summed E-state index contributed by atoms with van der Waals surface area (Å²) in [6, 6.07) is 0. The third-order valence-corrected chi connectivity index (χ3v) is 2.45. The first-order valence-corrected chi connectivity index (χ1v) is 5.02. The normalized spacial score (nSPS) is 32.4. The first-order valence-electron chi connectivity index (χ1n) is 4.64. The smallest absolute Gasteiger partial charge is 0.263 e. The molecule has 0 radical (unpaired) electrons. The maximum absolute atomic E-state index is 5.87. The fourth-order valence-corrected chi connectivity index (χ4v) is 1.71. The highest BCUT2D eigenvalue weighted by atomic mass is 35.5. The van der Waals surface area contributed by atoms with Crippen molar-refractivity contribution >= 4 is 17.8 Å². The number of aliphatic imine (C=N–C) groups is 1. The maximum atomic E-state index is 5.87. The Morgan fingerprint density at radius 2 is 2.21 bits per heavy atom. The second-order valence-electron chi connectivity index (χ2n) is 3.37. The topological polar surface area (TPSA) is 65.7 Å². The van der Waals surface area contributed by atoms with Gasteiger partial charge in [0.15, 0.2) is 0 Å². The van der Waals surface area contributed by atoms with Crippen molar-refractivity contribution in [3.05, 3.63) is 11.9 Å². The van der Waals surface area contributed by atoms with Gasteiger partial charge in [0.1, 0.15) is 5.82 Å². The molecule has 0 aliphatic carbocycles. The van der Waals surface area contributed by atoms with Gasteiger partial charge in [0, 0.05) is 32.4 Å². The van der Waals surface area contributed by atoms with E-state index in [4.69, 9.17) is 17.3 Å². The second kappa shape index (κ2) is 3.76. The molecule has 1 fully saturated rings. The van der Waals surface area contributed by atoms with Crippen LogP contribution in [0.25, 0.3) is 0 Å². The van der Waals surface area contributed by atoms with Crippen molar-refractivity contribution in [2.75, 3.05) is 26.2 Å². The quantitative estimate of drug-likeness (QED) is 0.397. The lowest BCUT2D eigenvalue weighted by Gasteiger charge is -2.35. The molecule has 0 amide bonds. The average Bonchev–Trinajstić information content (AvgIpc) is 2.18. The van der Waals surface area contributed by atoms with Crippen molar-refractivity contribution in [3.63, 3.8) is 0 Å². The predicted octanol–water partition coefficient (Wildman–Crippen LogP) is -0.784. The van der Waals surface area contributed by atoms with Crippen molar-refractivity contribution < 1.29 is 0 Å². The van der Waals surface area contributed by atoms with Crippen LogP contribution in [0, 0.1) is 0 Å². The number of hydrogen-bond donors (Lipinski definition) is 3. The van der Waals surface area contributed by atoms with Crippen molar-refractivity contribution in [3.8, 4) is 0 Å². The van der Waals surface area contributed by atoms with Crippen molar-refractivity contribution in [1.29, 1.82) is 0 Å². The van der Waals surface area contributed by atoms with Gasteiger partial charge in [-0.25, -0.2) is 4.99 Å². The van der Waals surface area contributed by atoms with Gasteiger partial charge in [0.25, 0.3) is 5.25 Å². The molecule has 2 aliphatic heterocycles. The van der Waals surface area contributed by atoms with Gasteiger partial charge in [-0.1, -0.05) is 11.6 Å². The summed E-state index contributed by atoms with van der Waals surface area (Å²) in [6.45, 7) is 3.88. The van der Waals surface area contributed by atoms with E-state index in [1.54, 1.807) is 6.21 Å². The fourth-order valence-electron chi connectivity index (χ4n) is 1.56. The number of halogens is 1. The Morgan fingerprint density at radius 3 is 2.86 bits per heavy atom. The zero-order valence-electron chi connectivity index (χ0n) is 7.83. The fraction of sp³-hybridized carbons (Fsp3) is 0.625. The molecule has 2 heterocycles. The lowest BCUT2D eigenvalue weighted by molar-refractivity contribution is 0.266. The largest absolute Gasteiger partial charge is 0.356 e. The van der Waals surface area contributed by atoms with Gasteiger partial charge in [-0.2, -0.15) is 0 Å². The molecule has 0 saturated carbocycles. The monoisotopic (exact) mass is 215 g/mol. The molecule has 0 aromatic rings. The van der Waals surface area contributed by atoms with Gasteiger partial charge in [-0.05, 0) is 6.08 Å². The van der Waals surface area contributed by atoms with E-state index in [0.717, 1.165) is 32.0 Å². The zero-order valence-corrected chi connectivity index (χ0v) is 8.59. The van der Waals surface area contributed by atoms with E-state index in [-0.39, 0.29) is 0 Å². The molecule has 14 heavy (non-hydrogen) atoms. The van der Waals surface area contributed by atoms with Gasteiger partial charge in [-0.15, -0.1) is 0 Å². The predicted molar refractivity (Wildman–Crippen MR) is 56.9 cm³/mol. The Balaban J connectivity index is 2.03. The molecule has 0 spiro atoms. The molecule has 0 aromatic carbocycles. The first-order chi connectivity index (χ1) is 6.67. The summed E-state index contributed by atoms with van der Waals surface area (Å²) in [5.74, 6) is 0.944. The summed E-state index contributed by atoms with van der Waals surface area (Å²) in [6.07, 6.45) is 3.53. The zero-order chi connectivity index (χ0) is 10.0. The third-order valence-electron chi connectivity index (χ3n) is 2.26. The van der Waals surface area contributed by atoms with E-state index < -0.39 is 5.25 Å². The number of hydrogen-bond acceptors (Lipinski definition) is 5. The van der Waals surface area contributed by atoms with Crippen LogP contribution in [0.2, 0.25) is 0 Å². The number of piperazine rings is 1. The standard InChI is InChI=1S/C8H14ClN5/c9-8(10)12-2-1-7(13-8)14-5-3-11-4-6-14/h1-2,11,13H,3-6,10H2. The van der Waals surface area contributed by atoms with Crippen LogP contribution < -0.4 is 16.4 Å². The van der Waals surface area contributed by atoms with Crippen LogP contribution in [-0.4, -0.2) is 42.5 Å². The summed E-state index contributed by atoms with van der Waals surface area (Å²) >= 11 is 5.87. The molecule has 1 unspecified atom stereocenters. The highest BCUT2D eigenvalue weighted by molar-refractivity contribution is 6.23. The number of alkyl halides is 1. The van der Waals surface area contributed by atoms with Gasteiger partial charge < -0.3 is 15.5 Å². The molecule has 2 aliphatic rings. The Kier molecular flexibility index (Phi) is 2.62. The first kappa shape index (κ1) is 9.76. The summed E-state index contributed by atoms with van der Waals surface area (Å²) in [4.78, 5) is 6.10. The molecule has 0 aromatic heterocycles. The van der Waals surface area contributed by atoms with Crippen LogP contribution in [0.5, 0.6) is 0 Å². The average molecular weight is 216 g/mol. The molecular formula is C8H14ClN5. The van der Waals surface area contributed by atoms with Crippen LogP contribution >= 0.6 is 11.6 Å². The van der Waals surface area contributed by atoms with E-state index in [1.165, 1.54) is 0 Å². The van der Waals surface area contributed by atoms with Crippen molar-refractivity contribution in [2.45, 2.75) is 5.25 Å². The molecule has 2 rings (SSSR count). The number of rotatable bonds is 1. The highest BCUT2D eigenvalue weighted by Crippen LogP contribution is 2.13. The lowest BCUT2D eigenvalue weighted by atomic mass is 10.3. The van der Waals surface area contributed by atoms with Crippen LogP contribution in [0.1, 0.15) is 0 Å². The van der Waals surface area contributed by atoms with Gasteiger partial charge in [-0.3, -0.25) is 5.73 Å². The summed E-state index contributed by atoms with van der Waals surface area (Å²) < 4.78 is 0. The minimum atomic E-state index is -1.19. The summed E-state index contributed by atoms with van der Waals surface area (Å²) in [5, 5.41) is 5.06. The number of allylic oxidation sites excluding steroid dienone is 1. The molecule has 0 bridgehead atoms. The lowest BCUT2D eigenvalue weighted by Crippen LogP contribution is -2.54. The van der Waals surface area contributed by atoms with Crippen LogP contribution in [-0.2, 0) is 0 Å². The molecule has 5 nitrogen and oxygen atoms in total. The van der Waals surface area contributed by atoms with E-state index in [0.29, 0.717) is 0 Å². The summed E-state index contributed by atoms with van der Waals surface area (Å²) in [7, 11) is 0. The second-order valence-corrected chi connectivity index (χ2v) is 3.94. The van der Waals surface area contributed by atoms with E-state index in [1.807, 2.05) is 6.08 Å². The van der Waals surface area contributed by atoms with E-state index >= 15 is 0 Å². The minimum absolute atomic E-state index is 0.944. The summed E-state index contributed by atoms with van der Waals surface area (Å²) in [5.41, 5.74) is 5.65. The molecule has 1 atom stereocenters. The number of nitrogens with zero attached hydrogens (tertiary/aromatic N) is 2. The number of nitrogens with one attached hydrogen (secondary N) is 2. The van der Waals surface area contributed by atoms with E-state index in [2.05, 4.69) is 20.5 Å². The maximum Gasteiger partial charge on any atom is 0.263 e. The van der Waals surface area contributed by atoms with Crippen molar-refractivity contribution in [2.24, 2.45) is 10.7 Å². The molecule has 1 saturated heterocycles. The Labute approximate surface area is 88.0 Å². The van der Waals surface area contributed by atoms with Gasteiger partial charge >= 0.3 is 0 Å². The van der Waals surface area contributed by atoms with Crippen LogP contribution in [0.15, 0.2) is 16.9 Å². The van der Waals surface area contributed by atoms with Crippen LogP contribution in [0.4, 0.5) is 0 Å². The van der Waals surface area contributed by atoms with Crippen LogP contribution in [0.3, 0.4) is 0 Å². The minimum Gasteiger partial charge on any atom is -0.356 e. The molecule has 6 heteroatoms. The van der Waals surface area contributed by atoms with Gasteiger partial charge in [0.05, 0.1) is 0 Å². The van der Waals surface area contributed by atoms with Gasteiger partial charge in [0.2, 0.25) is 0 Å². The highest BCUT2D eigenvalue weighted by Gasteiger charge is 2.25. The molecule has 78 valence electrons. The number of nitrogens with two attached hydrogens (primary N) is 1. The van der Waals surface area contributed by atoms with Crippen molar-refractivity contribution in [1.82, 2.24) is 15.5 Å². The molecule has 4 N–H and O–H groups in total. The molecular weight excluding hydrogens is 202 g/mol. The Hall–Kier alpha value is -0.780. The Morgan fingerprint density at radius 1 is 1.50 bits per heavy atom. The third kappa shape index (κ3) is 2.17. The Bertz CT molecular complexity index is 267. The SMILES string of the molecule is NC1(Cl)N=CC=C(N2CCNCC2)N1. The van der Waals surface area contributed by atoms with E-state index in [9.17, 15) is 0 Å².